The van der Waals surface area contributed by atoms with Crippen LogP contribution in [0.2, 0.25) is 0 Å². The summed E-state index contributed by atoms with van der Waals surface area (Å²) in [6.45, 7) is 2.64. The van der Waals surface area contributed by atoms with Crippen LogP contribution >= 0.6 is 0 Å². The zero-order valence-electron chi connectivity index (χ0n) is 11.2. The van der Waals surface area contributed by atoms with Crippen LogP contribution in [0.25, 0.3) is 0 Å². The molecule has 0 saturated carbocycles. The highest BCUT2D eigenvalue weighted by Gasteiger charge is 2.22. The first-order chi connectivity index (χ1) is 9.04. The van der Waals surface area contributed by atoms with Crippen LogP contribution in [0.5, 0.6) is 0 Å². The molecule has 19 heavy (non-hydrogen) atoms. The van der Waals surface area contributed by atoms with Crippen LogP contribution in [0.4, 0.5) is 4.79 Å². The molecule has 0 aliphatic heterocycles. The SMILES string of the molecule is CCCCN(C)C(=O)N[C@@H](Cc1cnc[nH]1)C(=O)O. The Kier molecular flexibility index (Phi) is 5.84. The first kappa shape index (κ1) is 15.0. The third-order valence-electron chi connectivity index (χ3n) is 2.77. The van der Waals surface area contributed by atoms with E-state index < -0.39 is 12.0 Å². The van der Waals surface area contributed by atoms with Crippen LogP contribution in [-0.2, 0) is 11.2 Å². The molecule has 1 aromatic rings. The molecule has 0 radical (unpaired) electrons. The normalized spacial score (nSPS) is 11.9. The molecule has 1 heterocycles. The minimum atomic E-state index is -1.06. The van der Waals surface area contributed by atoms with Gasteiger partial charge >= 0.3 is 12.0 Å². The molecule has 2 amide bonds. The summed E-state index contributed by atoms with van der Waals surface area (Å²) in [6, 6.07) is -1.34. The Bertz CT molecular complexity index is 405. The van der Waals surface area contributed by atoms with E-state index >= 15 is 0 Å². The number of carbonyl (C=O) groups excluding carboxylic acids is 1. The Morgan fingerprint density at radius 2 is 2.32 bits per heavy atom. The fourth-order valence-corrected chi connectivity index (χ4v) is 1.57. The van der Waals surface area contributed by atoms with Gasteiger partial charge in [-0.3, -0.25) is 0 Å². The molecule has 7 nitrogen and oxygen atoms in total. The summed E-state index contributed by atoms with van der Waals surface area (Å²) in [4.78, 5) is 31.1. The van der Waals surface area contributed by atoms with Gasteiger partial charge in [0.25, 0.3) is 0 Å². The number of urea groups is 1. The number of carboxylic acid groups (broad SMARTS) is 1. The molecule has 3 N–H and O–H groups in total. The number of hydrogen-bond donors (Lipinski definition) is 3. The number of hydrogen-bond acceptors (Lipinski definition) is 3. The second-order valence-electron chi connectivity index (χ2n) is 4.40. The summed E-state index contributed by atoms with van der Waals surface area (Å²) >= 11 is 0. The molecule has 106 valence electrons. The van der Waals surface area contributed by atoms with Crippen molar-refractivity contribution in [2.24, 2.45) is 0 Å². The number of nitrogens with zero attached hydrogens (tertiary/aromatic N) is 2. The number of aromatic amines is 1. The van der Waals surface area contributed by atoms with Crippen molar-refractivity contribution in [1.29, 1.82) is 0 Å². The van der Waals surface area contributed by atoms with Crippen LogP contribution in [0.3, 0.4) is 0 Å². The molecular formula is C12H20N4O3. The number of imidazole rings is 1. The van der Waals surface area contributed by atoms with E-state index in [2.05, 4.69) is 15.3 Å². The van der Waals surface area contributed by atoms with Crippen molar-refractivity contribution in [2.45, 2.75) is 32.2 Å². The summed E-state index contributed by atoms with van der Waals surface area (Å²) in [6.07, 6.45) is 5.07. The highest BCUT2D eigenvalue weighted by Crippen LogP contribution is 2.00. The maximum atomic E-state index is 11.8. The van der Waals surface area contributed by atoms with Gasteiger partial charge in [0.2, 0.25) is 0 Å². The van der Waals surface area contributed by atoms with Gasteiger partial charge in [0.15, 0.2) is 0 Å². The Morgan fingerprint density at radius 3 is 2.84 bits per heavy atom. The van der Waals surface area contributed by atoms with Gasteiger partial charge in [-0.2, -0.15) is 0 Å². The molecular weight excluding hydrogens is 248 g/mol. The van der Waals surface area contributed by atoms with Crippen LogP contribution in [0.1, 0.15) is 25.5 Å². The van der Waals surface area contributed by atoms with E-state index in [4.69, 9.17) is 5.11 Å². The van der Waals surface area contributed by atoms with Gasteiger partial charge in [-0.15, -0.1) is 0 Å². The lowest BCUT2D eigenvalue weighted by atomic mass is 10.1. The maximum absolute atomic E-state index is 11.8. The molecule has 0 bridgehead atoms. The summed E-state index contributed by atoms with van der Waals surface area (Å²) in [5.74, 6) is -1.06. The lowest BCUT2D eigenvalue weighted by molar-refractivity contribution is -0.139. The predicted molar refractivity (Wildman–Crippen MR) is 69.8 cm³/mol. The van der Waals surface area contributed by atoms with Gasteiger partial charge in [0.1, 0.15) is 6.04 Å². The summed E-state index contributed by atoms with van der Waals surface area (Å²) < 4.78 is 0. The van der Waals surface area contributed by atoms with Crippen molar-refractivity contribution in [3.63, 3.8) is 0 Å². The number of rotatable bonds is 7. The molecule has 0 spiro atoms. The highest BCUT2D eigenvalue weighted by molar-refractivity contribution is 5.82. The minimum absolute atomic E-state index is 0.183. The van der Waals surface area contributed by atoms with Gasteiger partial charge < -0.3 is 20.3 Å². The van der Waals surface area contributed by atoms with Gasteiger partial charge in [0, 0.05) is 31.9 Å². The summed E-state index contributed by atoms with van der Waals surface area (Å²) in [5.41, 5.74) is 0.670. The zero-order chi connectivity index (χ0) is 14.3. The van der Waals surface area contributed by atoms with E-state index in [9.17, 15) is 9.59 Å². The molecule has 0 aliphatic carbocycles. The van der Waals surface area contributed by atoms with Crippen LogP contribution in [0.15, 0.2) is 12.5 Å². The Morgan fingerprint density at radius 1 is 1.58 bits per heavy atom. The van der Waals surface area contributed by atoms with Gasteiger partial charge in [-0.1, -0.05) is 13.3 Å². The molecule has 0 aromatic carbocycles. The molecule has 0 fully saturated rings. The van der Waals surface area contributed by atoms with Gasteiger partial charge in [0.05, 0.1) is 6.33 Å². The molecule has 0 saturated heterocycles. The monoisotopic (exact) mass is 268 g/mol. The minimum Gasteiger partial charge on any atom is -0.480 e. The average molecular weight is 268 g/mol. The lowest BCUT2D eigenvalue weighted by Gasteiger charge is -2.21. The maximum Gasteiger partial charge on any atom is 0.326 e. The number of amides is 2. The van der Waals surface area contributed by atoms with Crippen molar-refractivity contribution in [3.8, 4) is 0 Å². The fourth-order valence-electron chi connectivity index (χ4n) is 1.57. The van der Waals surface area contributed by atoms with Crippen LogP contribution in [0, 0.1) is 0 Å². The topological polar surface area (TPSA) is 98.3 Å². The molecule has 1 atom stereocenters. The number of aliphatic carboxylic acids is 1. The quantitative estimate of drug-likeness (QED) is 0.682. The molecule has 1 rings (SSSR count). The van der Waals surface area contributed by atoms with Gasteiger partial charge in [-0.05, 0) is 6.42 Å². The van der Waals surface area contributed by atoms with Crippen molar-refractivity contribution >= 4 is 12.0 Å². The van der Waals surface area contributed by atoms with E-state index in [1.165, 1.54) is 11.2 Å². The van der Waals surface area contributed by atoms with E-state index in [0.29, 0.717) is 12.2 Å². The van der Waals surface area contributed by atoms with E-state index in [1.54, 1.807) is 13.2 Å². The first-order valence-electron chi connectivity index (χ1n) is 6.26. The molecule has 1 aromatic heterocycles. The summed E-state index contributed by atoms with van der Waals surface area (Å²) in [5, 5.41) is 11.6. The van der Waals surface area contributed by atoms with E-state index in [0.717, 1.165) is 12.8 Å². The second kappa shape index (κ2) is 7.40. The third-order valence-corrected chi connectivity index (χ3v) is 2.77. The zero-order valence-corrected chi connectivity index (χ0v) is 11.2. The van der Waals surface area contributed by atoms with Crippen LogP contribution < -0.4 is 5.32 Å². The number of unbranched alkanes of at least 4 members (excludes halogenated alkanes) is 1. The largest absolute Gasteiger partial charge is 0.480 e. The number of H-pyrrole nitrogens is 1. The van der Waals surface area contributed by atoms with Crippen molar-refractivity contribution < 1.29 is 14.7 Å². The van der Waals surface area contributed by atoms with Crippen molar-refractivity contribution in [1.82, 2.24) is 20.2 Å². The average Bonchev–Trinajstić information content (AvgIpc) is 2.87. The molecule has 7 heteroatoms. The highest BCUT2D eigenvalue weighted by atomic mass is 16.4. The fraction of sp³-hybridized carbons (Fsp3) is 0.583. The van der Waals surface area contributed by atoms with Crippen molar-refractivity contribution in [3.05, 3.63) is 18.2 Å². The third kappa shape index (κ3) is 4.99. The standard InChI is InChI=1S/C12H20N4O3/c1-3-4-5-16(2)12(19)15-10(11(17)18)6-9-7-13-8-14-9/h7-8,10H,3-6H2,1-2H3,(H,13,14)(H,15,19)(H,17,18)/t10-/m0/s1. The lowest BCUT2D eigenvalue weighted by Crippen LogP contribution is -2.48. The first-order valence-corrected chi connectivity index (χ1v) is 6.26. The van der Waals surface area contributed by atoms with Crippen molar-refractivity contribution in [2.75, 3.05) is 13.6 Å². The Hall–Kier alpha value is -2.05. The Balaban J connectivity index is 2.53. The number of nitrogens with one attached hydrogen (secondary N) is 2. The number of carboxylic acids is 1. The Labute approximate surface area is 112 Å². The second-order valence-corrected chi connectivity index (χ2v) is 4.40. The molecule has 0 aliphatic rings. The number of carbonyl (C=O) groups is 2. The van der Waals surface area contributed by atoms with Gasteiger partial charge in [-0.25, -0.2) is 14.6 Å². The summed E-state index contributed by atoms with van der Waals surface area (Å²) in [7, 11) is 1.65. The predicted octanol–water partition coefficient (Wildman–Crippen LogP) is 0.847. The van der Waals surface area contributed by atoms with E-state index in [-0.39, 0.29) is 12.5 Å². The molecule has 0 unspecified atom stereocenters. The smallest absolute Gasteiger partial charge is 0.326 e. The van der Waals surface area contributed by atoms with E-state index in [1.807, 2.05) is 6.92 Å². The number of aromatic nitrogens is 2. The van der Waals surface area contributed by atoms with Crippen LogP contribution in [-0.4, -0.2) is 51.6 Å².